The number of rotatable bonds is 16. The number of phenolic OH excluding ortho intramolecular Hbond substituents is 2. The van der Waals surface area contributed by atoms with Gasteiger partial charge in [0.25, 0.3) is 0 Å². The highest BCUT2D eigenvalue weighted by Gasteiger charge is 2.71. The molecular formula is C49H54N6O15. The van der Waals surface area contributed by atoms with Crippen LogP contribution in [0.25, 0.3) is 22.3 Å². The summed E-state index contributed by atoms with van der Waals surface area (Å²) in [5, 5.41) is 100. The summed E-state index contributed by atoms with van der Waals surface area (Å²) < 4.78 is 30.6. The lowest BCUT2D eigenvalue weighted by Crippen LogP contribution is -2.79. The van der Waals surface area contributed by atoms with Crippen molar-refractivity contribution in [2.45, 2.75) is 74.3 Å². The number of nitrogens with one attached hydrogen (secondary N) is 4. The summed E-state index contributed by atoms with van der Waals surface area (Å²) in [7, 11) is 0. The number of dihydropyridines is 1. The summed E-state index contributed by atoms with van der Waals surface area (Å²) in [4.78, 5) is 30.0. The van der Waals surface area contributed by atoms with E-state index in [0.29, 0.717) is 59.2 Å². The quantitative estimate of drug-likeness (QED) is 0.0618. The predicted octanol–water partition coefficient (Wildman–Crippen LogP) is 1.20. The normalized spacial score (nSPS) is 26.1. The van der Waals surface area contributed by atoms with Crippen LogP contribution in [0.1, 0.15) is 36.3 Å². The van der Waals surface area contributed by atoms with Gasteiger partial charge in [0.2, 0.25) is 12.0 Å². The number of H-pyrrole nitrogens is 1. The SMILES string of the molecule is CCc1cc(O)cc(COc2c(O[C@@H]3O[C@H](C(=O)O)[C@]4(O)[C@H]([C@H]5CNCN5)C(CC5=CCNC(N)=C5)=C[C@@]3(O)[C@@H]4O)cc3oc(-c4ccc(O[C@H](CO)[C@H](O)c5ccc(N)[nH]5)cc4)cc(=O)c3c2O)c1. The number of phenols is 2. The molecule has 5 heterocycles. The number of benzene rings is 3. The van der Waals surface area contributed by atoms with Crippen LogP contribution in [0, 0.1) is 5.92 Å². The third-order valence-electron chi connectivity index (χ3n) is 13.1. The Kier molecular flexibility index (Phi) is 13.0. The molecule has 21 heteroatoms. The number of hydrogen-bond donors (Lipinski definition) is 14. The second-order valence-electron chi connectivity index (χ2n) is 17.8. The predicted molar refractivity (Wildman–Crippen MR) is 250 cm³/mol. The minimum absolute atomic E-state index is 0.00249. The van der Waals surface area contributed by atoms with Crippen LogP contribution in [0.4, 0.5) is 5.82 Å². The molecule has 2 aromatic heterocycles. The zero-order valence-corrected chi connectivity index (χ0v) is 37.7. The molecule has 2 fully saturated rings. The number of aryl methyl sites for hydroxylation is 1. The number of carboxylic acid groups (broad SMARTS) is 1. The number of carbonyl (C=O) groups is 1. The Bertz CT molecular complexity index is 2950. The fourth-order valence-corrected chi connectivity index (χ4v) is 9.78. The van der Waals surface area contributed by atoms with Gasteiger partial charge < -0.3 is 91.3 Å². The minimum atomic E-state index is -2.68. The number of allylic oxidation sites excluding steroid dienone is 2. The highest BCUT2D eigenvalue weighted by Crippen LogP contribution is 2.53. The third-order valence-corrected chi connectivity index (χ3v) is 13.1. The number of anilines is 1. The Balaban J connectivity index is 1.12. The first-order valence-electron chi connectivity index (χ1n) is 22.5. The molecule has 9 rings (SSSR count). The molecule has 1 aliphatic carbocycles. The van der Waals surface area contributed by atoms with Crippen molar-refractivity contribution >= 4 is 22.8 Å². The van der Waals surface area contributed by atoms with Crippen molar-refractivity contribution in [1.82, 2.24) is 20.9 Å². The lowest BCUT2D eigenvalue weighted by molar-refractivity contribution is -0.344. The zero-order chi connectivity index (χ0) is 49.6. The van der Waals surface area contributed by atoms with Gasteiger partial charge in [0.1, 0.15) is 58.5 Å². The number of nitrogens with two attached hydrogens (primary N) is 2. The molecule has 3 aromatic carbocycles. The van der Waals surface area contributed by atoms with E-state index in [-0.39, 0.29) is 47.8 Å². The van der Waals surface area contributed by atoms with Crippen molar-refractivity contribution in [1.29, 1.82) is 0 Å². The Hall–Kier alpha value is -7.08. The molecule has 2 saturated heterocycles. The average molecular weight is 967 g/mol. The van der Waals surface area contributed by atoms with Gasteiger partial charge >= 0.3 is 5.97 Å². The van der Waals surface area contributed by atoms with Crippen LogP contribution in [-0.4, -0.2) is 120 Å². The van der Waals surface area contributed by atoms with E-state index < -0.39 is 89.1 Å². The fourth-order valence-electron chi connectivity index (χ4n) is 9.78. The third kappa shape index (κ3) is 8.88. The van der Waals surface area contributed by atoms with Crippen molar-refractivity contribution in [3.8, 4) is 40.1 Å². The molecule has 0 radical (unpaired) electrons. The van der Waals surface area contributed by atoms with Gasteiger partial charge in [-0.2, -0.15) is 0 Å². The molecule has 0 saturated carbocycles. The lowest BCUT2D eigenvalue weighted by Gasteiger charge is -2.58. The second kappa shape index (κ2) is 19.0. The standard InChI is InChI=1S/C49H54N6O15/c1-2-23-11-25(14-28(57)13-23)21-66-43-35(17-34-39(42(43)60)32(58)16-33(68-34)26-3-5-29(6-4-26)67-36(20-56)41(59)30-7-8-37(50)55-30)69-47-48(64)18-27(12-24-9-10-53-38(51)15-24)40(31-19-52-22-54-31)49(65,46(48)63)44(70-47)45(61)62/h3-9,11,13-18,31,36,40-41,44,46-47,52-57,59-60,63-65H,2,10,12,19-22,50-51H2,1H3,(H,61,62)/t31-,36-,40+,41-,44-,46+,47-,48-,49-/m1/s1. The van der Waals surface area contributed by atoms with Gasteiger partial charge in [-0.1, -0.05) is 24.6 Å². The fraction of sp³-hybridized carbons (Fsp3) is 0.347. The summed E-state index contributed by atoms with van der Waals surface area (Å²) in [5.74, 6) is -3.67. The average Bonchev–Trinajstić information content (AvgIpc) is 4.02. The first-order valence-corrected chi connectivity index (χ1v) is 22.5. The number of hydrogen-bond acceptors (Lipinski definition) is 19. The molecule has 0 amide bonds. The van der Waals surface area contributed by atoms with Gasteiger partial charge in [0.05, 0.1) is 12.4 Å². The number of fused-ring (bicyclic) bond motifs is 3. The van der Waals surface area contributed by atoms with E-state index >= 15 is 0 Å². The van der Waals surface area contributed by atoms with Crippen molar-refractivity contribution in [2.75, 3.05) is 32.1 Å². The van der Waals surface area contributed by atoms with E-state index in [0.717, 1.165) is 11.6 Å². The largest absolute Gasteiger partial charge is 0.508 e. The molecule has 3 aliphatic heterocycles. The number of aliphatic carboxylic acids is 1. The maximum atomic E-state index is 14.0. The number of ether oxygens (including phenoxy) is 4. The van der Waals surface area contributed by atoms with Crippen LogP contribution in [0.3, 0.4) is 0 Å². The molecule has 21 nitrogen and oxygen atoms in total. The maximum absolute atomic E-state index is 14.0. The number of nitrogen functional groups attached to an aromatic ring is 1. The van der Waals surface area contributed by atoms with Crippen LogP contribution >= 0.6 is 0 Å². The van der Waals surface area contributed by atoms with Gasteiger partial charge in [0.15, 0.2) is 34.7 Å². The molecule has 0 spiro atoms. The number of aromatic hydroxyl groups is 2. The molecule has 4 aliphatic rings. The molecule has 9 atom stereocenters. The van der Waals surface area contributed by atoms with Gasteiger partial charge in [-0.3, -0.25) is 10.1 Å². The molecule has 5 aromatic rings. The molecule has 16 N–H and O–H groups in total. The van der Waals surface area contributed by atoms with Gasteiger partial charge in [-0.15, -0.1) is 0 Å². The summed E-state index contributed by atoms with van der Waals surface area (Å²) >= 11 is 0. The van der Waals surface area contributed by atoms with Crippen molar-refractivity contribution < 1.29 is 69.0 Å². The topological polar surface area (TPSA) is 350 Å². The van der Waals surface area contributed by atoms with E-state index in [2.05, 4.69) is 20.9 Å². The summed E-state index contributed by atoms with van der Waals surface area (Å²) in [6.07, 6.45) is -3.54. The first kappa shape index (κ1) is 48.0. The number of carboxylic acids is 1. The van der Waals surface area contributed by atoms with Crippen LogP contribution < -0.4 is 47.1 Å². The van der Waals surface area contributed by atoms with Gasteiger partial charge in [0, 0.05) is 55.1 Å². The lowest BCUT2D eigenvalue weighted by atomic mass is 9.59. The molecule has 2 bridgehead atoms. The van der Waals surface area contributed by atoms with E-state index in [1.54, 1.807) is 42.5 Å². The number of aliphatic hydroxyl groups is 5. The zero-order valence-electron chi connectivity index (χ0n) is 37.7. The van der Waals surface area contributed by atoms with Crippen molar-refractivity contribution in [2.24, 2.45) is 11.7 Å². The highest BCUT2D eigenvalue weighted by atomic mass is 16.7. The van der Waals surface area contributed by atoms with Crippen LogP contribution in [0.2, 0.25) is 0 Å². The number of aromatic amines is 1. The van der Waals surface area contributed by atoms with E-state index in [1.165, 1.54) is 30.3 Å². The van der Waals surface area contributed by atoms with E-state index in [4.69, 9.17) is 34.8 Å². The Labute approximate surface area is 398 Å². The van der Waals surface area contributed by atoms with E-state index in [9.17, 15) is 50.4 Å². The van der Waals surface area contributed by atoms with Gasteiger partial charge in [-0.05, 0) is 90.2 Å². The van der Waals surface area contributed by atoms with Gasteiger partial charge in [-0.25, -0.2) is 4.79 Å². The summed E-state index contributed by atoms with van der Waals surface area (Å²) in [6.45, 7) is 1.97. The monoisotopic (exact) mass is 966 g/mol. The Morgan fingerprint density at radius 3 is 2.47 bits per heavy atom. The number of aliphatic hydroxyl groups excluding tert-OH is 3. The minimum Gasteiger partial charge on any atom is -0.508 e. The number of aromatic nitrogens is 1. The molecular weight excluding hydrogens is 913 g/mol. The van der Waals surface area contributed by atoms with E-state index in [1.807, 2.05) is 13.0 Å². The molecule has 70 heavy (non-hydrogen) atoms. The van der Waals surface area contributed by atoms with Crippen LogP contribution in [0.5, 0.6) is 28.7 Å². The molecule has 370 valence electrons. The smallest absolute Gasteiger partial charge is 0.336 e. The maximum Gasteiger partial charge on any atom is 0.336 e. The highest BCUT2D eigenvalue weighted by molar-refractivity contribution is 5.89. The Morgan fingerprint density at radius 1 is 1.03 bits per heavy atom. The van der Waals surface area contributed by atoms with Crippen LogP contribution in [-0.2, 0) is 22.6 Å². The van der Waals surface area contributed by atoms with Crippen LogP contribution in [0.15, 0.2) is 111 Å². The first-order chi connectivity index (χ1) is 33.5. The summed E-state index contributed by atoms with van der Waals surface area (Å²) in [6, 6.07) is 15.7. The van der Waals surface area contributed by atoms with Crippen molar-refractivity contribution in [3.05, 3.63) is 129 Å². The van der Waals surface area contributed by atoms with Crippen molar-refractivity contribution in [3.63, 3.8) is 0 Å². The Morgan fingerprint density at radius 2 is 1.80 bits per heavy atom. The summed E-state index contributed by atoms with van der Waals surface area (Å²) in [5.41, 5.74) is 8.41. The second-order valence-corrected chi connectivity index (χ2v) is 17.8. The molecule has 0 unspecified atom stereocenters.